The summed E-state index contributed by atoms with van der Waals surface area (Å²) in [6.07, 6.45) is -0.000783. The van der Waals surface area contributed by atoms with Crippen LogP contribution in [0.1, 0.15) is 32.6 Å². The van der Waals surface area contributed by atoms with Gasteiger partial charge in [-0.05, 0) is 38.0 Å². The van der Waals surface area contributed by atoms with E-state index in [4.69, 9.17) is 4.74 Å². The quantitative estimate of drug-likeness (QED) is 0.724. The van der Waals surface area contributed by atoms with Gasteiger partial charge in [-0.15, -0.1) is 0 Å². The molecule has 134 valence electrons. The molecular weight excluding hydrogens is 382 g/mol. The molecule has 0 radical (unpaired) electrons. The summed E-state index contributed by atoms with van der Waals surface area (Å²) in [6.45, 7) is 2.50. The predicted octanol–water partition coefficient (Wildman–Crippen LogP) is 4.66. The monoisotopic (exact) mass is 404 g/mol. The van der Waals surface area contributed by atoms with E-state index in [1.807, 2.05) is 19.1 Å². The zero-order valence-corrected chi connectivity index (χ0v) is 15.5. The summed E-state index contributed by atoms with van der Waals surface area (Å²) in [5, 5.41) is 6.16. The van der Waals surface area contributed by atoms with Crippen LogP contribution in [-0.4, -0.2) is 31.6 Å². The lowest BCUT2D eigenvalue weighted by Gasteiger charge is -2.27. The number of amides is 1. The van der Waals surface area contributed by atoms with Gasteiger partial charge in [0.2, 0.25) is 11.8 Å². The van der Waals surface area contributed by atoms with Crippen molar-refractivity contribution in [2.24, 2.45) is 5.92 Å². The van der Waals surface area contributed by atoms with E-state index in [2.05, 4.69) is 26.6 Å². The largest absolute Gasteiger partial charge is 0.383 e. The summed E-state index contributed by atoms with van der Waals surface area (Å²) in [7, 11) is 1.63. The Morgan fingerprint density at radius 1 is 1.38 bits per heavy atom. The van der Waals surface area contributed by atoms with Crippen molar-refractivity contribution >= 4 is 33.2 Å². The van der Waals surface area contributed by atoms with Crippen molar-refractivity contribution in [1.29, 1.82) is 0 Å². The van der Waals surface area contributed by atoms with Crippen molar-refractivity contribution in [3.05, 3.63) is 22.7 Å². The van der Waals surface area contributed by atoms with Crippen molar-refractivity contribution < 1.29 is 18.3 Å². The first-order valence-electron chi connectivity index (χ1n) is 8.04. The molecule has 1 fully saturated rings. The minimum absolute atomic E-state index is 0.0633. The summed E-state index contributed by atoms with van der Waals surface area (Å²) in [5.41, 5.74) is 1.41. The van der Waals surface area contributed by atoms with Gasteiger partial charge in [0.15, 0.2) is 0 Å². The third-order valence-electron chi connectivity index (χ3n) is 4.15. The number of ether oxygens (including phenoxy) is 1. The van der Waals surface area contributed by atoms with Gasteiger partial charge in [-0.25, -0.2) is 8.78 Å². The van der Waals surface area contributed by atoms with Gasteiger partial charge in [0, 0.05) is 36.4 Å². The summed E-state index contributed by atoms with van der Waals surface area (Å²) >= 11 is 3.41. The molecule has 1 atom stereocenters. The Morgan fingerprint density at radius 3 is 2.67 bits per heavy atom. The fraction of sp³-hybridized carbons (Fsp3) is 0.588. The number of benzene rings is 1. The molecule has 24 heavy (non-hydrogen) atoms. The molecule has 0 spiro atoms. The molecule has 1 unspecified atom stereocenters. The Kier molecular flexibility index (Phi) is 6.57. The lowest BCUT2D eigenvalue weighted by molar-refractivity contribution is -0.124. The van der Waals surface area contributed by atoms with Gasteiger partial charge < -0.3 is 15.4 Å². The van der Waals surface area contributed by atoms with Crippen LogP contribution < -0.4 is 10.6 Å². The Balaban J connectivity index is 2.04. The first kappa shape index (κ1) is 19.1. The van der Waals surface area contributed by atoms with E-state index in [1.165, 1.54) is 0 Å². The molecule has 1 aliphatic carbocycles. The van der Waals surface area contributed by atoms with Gasteiger partial charge in [-0.3, -0.25) is 4.79 Å². The van der Waals surface area contributed by atoms with Crippen LogP contribution >= 0.6 is 15.9 Å². The SMILES string of the molecule is COCC(C)Nc1cc(Br)ccc1NC(=O)C1CCC(F)(F)CC1. The number of alkyl halides is 2. The van der Waals surface area contributed by atoms with Crippen LogP contribution in [0.5, 0.6) is 0 Å². The molecule has 1 saturated carbocycles. The predicted molar refractivity (Wildman–Crippen MR) is 94.6 cm³/mol. The normalized spacial score (nSPS) is 18.9. The molecule has 0 saturated heterocycles. The molecule has 0 bridgehead atoms. The van der Waals surface area contributed by atoms with Gasteiger partial charge in [0.05, 0.1) is 18.0 Å². The molecule has 7 heteroatoms. The smallest absolute Gasteiger partial charge is 0.248 e. The first-order valence-corrected chi connectivity index (χ1v) is 8.84. The van der Waals surface area contributed by atoms with E-state index in [0.717, 1.165) is 10.2 Å². The Morgan fingerprint density at radius 2 is 2.04 bits per heavy atom. The van der Waals surface area contributed by atoms with Crippen LogP contribution in [0.2, 0.25) is 0 Å². The number of halogens is 3. The number of carbonyl (C=O) groups excluding carboxylic acids is 1. The highest BCUT2D eigenvalue weighted by molar-refractivity contribution is 9.10. The van der Waals surface area contributed by atoms with E-state index < -0.39 is 5.92 Å². The first-order chi connectivity index (χ1) is 11.3. The second-order valence-corrected chi connectivity index (χ2v) is 7.23. The number of carbonyl (C=O) groups is 1. The van der Waals surface area contributed by atoms with Crippen molar-refractivity contribution in [1.82, 2.24) is 0 Å². The molecule has 1 amide bonds. The number of hydrogen-bond donors (Lipinski definition) is 2. The third-order valence-corrected chi connectivity index (χ3v) is 4.64. The van der Waals surface area contributed by atoms with Gasteiger partial charge in [0.1, 0.15) is 0 Å². The Hall–Kier alpha value is -1.21. The highest BCUT2D eigenvalue weighted by Crippen LogP contribution is 2.37. The number of nitrogens with one attached hydrogen (secondary N) is 2. The van der Waals surface area contributed by atoms with Crippen LogP contribution in [0.3, 0.4) is 0 Å². The van der Waals surface area contributed by atoms with Gasteiger partial charge in [-0.1, -0.05) is 15.9 Å². The Bertz CT molecular complexity index is 574. The summed E-state index contributed by atoms with van der Waals surface area (Å²) < 4.78 is 32.5. The molecule has 2 rings (SSSR count). The second-order valence-electron chi connectivity index (χ2n) is 6.31. The van der Waals surface area contributed by atoms with E-state index >= 15 is 0 Å². The molecule has 4 nitrogen and oxygen atoms in total. The van der Waals surface area contributed by atoms with Crippen LogP contribution in [0.15, 0.2) is 22.7 Å². The molecule has 0 aromatic heterocycles. The van der Waals surface area contributed by atoms with Crippen LogP contribution in [0.25, 0.3) is 0 Å². The van der Waals surface area contributed by atoms with Gasteiger partial charge in [0.25, 0.3) is 0 Å². The number of hydrogen-bond acceptors (Lipinski definition) is 3. The average molecular weight is 405 g/mol. The number of anilines is 2. The summed E-state index contributed by atoms with van der Waals surface area (Å²) in [4.78, 5) is 12.4. The van der Waals surface area contributed by atoms with Gasteiger partial charge >= 0.3 is 0 Å². The van der Waals surface area contributed by atoms with Crippen molar-refractivity contribution in [2.75, 3.05) is 24.4 Å². The lowest BCUT2D eigenvalue weighted by atomic mass is 9.86. The molecule has 0 heterocycles. The van der Waals surface area contributed by atoms with Crippen LogP contribution in [0.4, 0.5) is 20.2 Å². The fourth-order valence-electron chi connectivity index (χ4n) is 2.84. The van der Waals surface area contributed by atoms with Gasteiger partial charge in [-0.2, -0.15) is 0 Å². The highest BCUT2D eigenvalue weighted by Gasteiger charge is 2.37. The van der Waals surface area contributed by atoms with Crippen LogP contribution in [0, 0.1) is 5.92 Å². The van der Waals surface area contributed by atoms with E-state index in [1.54, 1.807) is 13.2 Å². The fourth-order valence-corrected chi connectivity index (χ4v) is 3.20. The molecule has 1 aromatic rings. The maximum atomic E-state index is 13.2. The molecule has 0 aliphatic heterocycles. The molecule has 1 aliphatic rings. The molecule has 1 aromatic carbocycles. The topological polar surface area (TPSA) is 50.4 Å². The standard InChI is InChI=1S/C17H23BrF2N2O2/c1-11(10-24-2)21-15-9-13(18)3-4-14(15)22-16(23)12-5-7-17(19,20)8-6-12/h3-4,9,11-12,21H,5-8,10H2,1-2H3,(H,22,23). The number of methoxy groups -OCH3 is 1. The molecule has 2 N–H and O–H groups in total. The van der Waals surface area contributed by atoms with E-state index in [-0.39, 0.29) is 43.6 Å². The minimum atomic E-state index is -2.63. The van der Waals surface area contributed by atoms with Crippen LogP contribution in [-0.2, 0) is 9.53 Å². The number of rotatable bonds is 6. The average Bonchev–Trinajstić information content (AvgIpc) is 2.50. The van der Waals surface area contributed by atoms with E-state index in [9.17, 15) is 13.6 Å². The Labute approximate surface area is 149 Å². The summed E-state index contributed by atoms with van der Waals surface area (Å²) in [6, 6.07) is 5.56. The highest BCUT2D eigenvalue weighted by atomic mass is 79.9. The van der Waals surface area contributed by atoms with Crippen molar-refractivity contribution in [2.45, 2.75) is 44.6 Å². The lowest BCUT2D eigenvalue weighted by Crippen LogP contribution is -2.32. The molecular formula is C17H23BrF2N2O2. The second kappa shape index (κ2) is 8.25. The van der Waals surface area contributed by atoms with Crippen molar-refractivity contribution in [3.8, 4) is 0 Å². The zero-order chi connectivity index (χ0) is 17.7. The van der Waals surface area contributed by atoms with Crippen molar-refractivity contribution in [3.63, 3.8) is 0 Å². The van der Waals surface area contributed by atoms with E-state index in [0.29, 0.717) is 12.3 Å². The zero-order valence-electron chi connectivity index (χ0n) is 13.9. The summed E-state index contributed by atoms with van der Waals surface area (Å²) in [5.74, 6) is -3.19. The third kappa shape index (κ3) is 5.41. The maximum Gasteiger partial charge on any atom is 0.248 e. The minimum Gasteiger partial charge on any atom is -0.383 e. The maximum absolute atomic E-state index is 13.2.